The summed E-state index contributed by atoms with van der Waals surface area (Å²) in [6.45, 7) is 5.67. The lowest BCUT2D eigenvalue weighted by atomic mass is 10.1. The van der Waals surface area contributed by atoms with E-state index in [0.29, 0.717) is 5.69 Å². The van der Waals surface area contributed by atoms with Gasteiger partial charge in [0.05, 0.1) is 0 Å². The minimum Gasteiger partial charge on any atom is -0.443 e. The van der Waals surface area contributed by atoms with E-state index in [1.165, 1.54) is 12.8 Å². The highest BCUT2D eigenvalue weighted by Crippen LogP contribution is 2.30. The third-order valence-corrected chi connectivity index (χ3v) is 3.45. The lowest BCUT2D eigenvalue weighted by Gasteiger charge is -2.31. The van der Waals surface area contributed by atoms with Gasteiger partial charge in [-0.1, -0.05) is 12.8 Å². The van der Waals surface area contributed by atoms with Gasteiger partial charge in [-0.15, -0.1) is 0 Å². The lowest BCUT2D eigenvalue weighted by Crippen LogP contribution is -2.42. The van der Waals surface area contributed by atoms with Gasteiger partial charge in [0, 0.05) is 17.4 Å². The smallest absolute Gasteiger partial charge is 0.415 e. The minimum atomic E-state index is -0.484. The summed E-state index contributed by atoms with van der Waals surface area (Å²) in [5.41, 5.74) is 6.80. The normalized spacial score (nSPS) is 16.1. The summed E-state index contributed by atoms with van der Waals surface area (Å²) in [5, 5.41) is 0. The van der Waals surface area contributed by atoms with Crippen molar-refractivity contribution in [3.63, 3.8) is 0 Å². The number of hydrogen-bond acceptors (Lipinski definition) is 3. The molecule has 110 valence electrons. The van der Waals surface area contributed by atoms with E-state index >= 15 is 0 Å². The first-order valence-electron chi connectivity index (χ1n) is 7.24. The highest BCUT2D eigenvalue weighted by molar-refractivity contribution is 5.88. The summed E-state index contributed by atoms with van der Waals surface area (Å²) in [7, 11) is 0. The van der Waals surface area contributed by atoms with Crippen LogP contribution in [0.1, 0.15) is 46.5 Å². The average Bonchev–Trinajstić information content (AvgIpc) is 2.83. The van der Waals surface area contributed by atoms with Gasteiger partial charge in [-0.05, 0) is 57.9 Å². The van der Waals surface area contributed by atoms with Gasteiger partial charge in [-0.25, -0.2) is 4.79 Å². The molecule has 0 aliphatic heterocycles. The highest BCUT2D eigenvalue weighted by atomic mass is 16.6. The second kappa shape index (κ2) is 5.73. The topological polar surface area (TPSA) is 55.6 Å². The maximum Gasteiger partial charge on any atom is 0.415 e. The largest absolute Gasteiger partial charge is 0.443 e. The molecule has 1 saturated carbocycles. The summed E-state index contributed by atoms with van der Waals surface area (Å²) >= 11 is 0. The van der Waals surface area contributed by atoms with Gasteiger partial charge in [0.1, 0.15) is 5.60 Å². The van der Waals surface area contributed by atoms with Gasteiger partial charge < -0.3 is 10.5 Å². The Labute approximate surface area is 120 Å². The molecule has 4 nitrogen and oxygen atoms in total. The number of nitrogens with two attached hydrogens (primary N) is 1. The van der Waals surface area contributed by atoms with Crippen LogP contribution in [0.5, 0.6) is 0 Å². The van der Waals surface area contributed by atoms with Crippen molar-refractivity contribution in [3.05, 3.63) is 24.3 Å². The third-order valence-electron chi connectivity index (χ3n) is 3.45. The third kappa shape index (κ3) is 3.65. The molecule has 1 amide bonds. The molecule has 0 atom stereocenters. The molecule has 0 spiro atoms. The van der Waals surface area contributed by atoms with Gasteiger partial charge in [-0.3, -0.25) is 4.90 Å². The zero-order valence-corrected chi connectivity index (χ0v) is 12.6. The van der Waals surface area contributed by atoms with E-state index < -0.39 is 5.60 Å². The number of nitrogen functional groups attached to an aromatic ring is 1. The average molecular weight is 276 g/mol. The Bertz CT molecular complexity index is 456. The number of hydrogen-bond donors (Lipinski definition) is 1. The number of nitrogens with zero attached hydrogens (tertiary/aromatic N) is 1. The predicted octanol–water partition coefficient (Wildman–Crippen LogP) is 3.95. The van der Waals surface area contributed by atoms with Gasteiger partial charge in [0.2, 0.25) is 0 Å². The van der Waals surface area contributed by atoms with Crippen molar-refractivity contribution in [2.45, 2.75) is 58.1 Å². The molecule has 0 bridgehead atoms. The number of carbonyl (C=O) groups is 1. The first-order valence-corrected chi connectivity index (χ1v) is 7.24. The van der Waals surface area contributed by atoms with Crippen LogP contribution in [0.3, 0.4) is 0 Å². The van der Waals surface area contributed by atoms with Crippen LogP contribution in [0.2, 0.25) is 0 Å². The molecule has 0 unspecified atom stereocenters. The van der Waals surface area contributed by atoms with E-state index in [0.717, 1.165) is 18.5 Å². The fourth-order valence-corrected chi connectivity index (χ4v) is 2.57. The van der Waals surface area contributed by atoms with Crippen molar-refractivity contribution in [2.24, 2.45) is 0 Å². The summed E-state index contributed by atoms with van der Waals surface area (Å²) in [6.07, 6.45) is 4.12. The summed E-state index contributed by atoms with van der Waals surface area (Å²) in [5.74, 6) is 0. The summed E-state index contributed by atoms with van der Waals surface area (Å²) < 4.78 is 5.55. The molecular formula is C16H24N2O2. The SMILES string of the molecule is CC(C)(C)OC(=O)N(c1ccc(N)cc1)C1CCCC1. The maximum atomic E-state index is 12.5. The van der Waals surface area contributed by atoms with E-state index in [1.54, 1.807) is 4.90 Å². The zero-order valence-electron chi connectivity index (χ0n) is 12.6. The number of carbonyl (C=O) groups excluding carboxylic acids is 1. The van der Waals surface area contributed by atoms with Gasteiger partial charge in [0.15, 0.2) is 0 Å². The van der Waals surface area contributed by atoms with Crippen LogP contribution in [-0.4, -0.2) is 17.7 Å². The lowest BCUT2D eigenvalue weighted by molar-refractivity contribution is 0.0566. The van der Waals surface area contributed by atoms with Gasteiger partial charge in [0.25, 0.3) is 0 Å². The molecule has 1 aliphatic rings. The Morgan fingerprint density at radius 1 is 1.20 bits per heavy atom. The van der Waals surface area contributed by atoms with Crippen LogP contribution in [0, 0.1) is 0 Å². The Morgan fingerprint density at radius 2 is 1.75 bits per heavy atom. The molecular weight excluding hydrogens is 252 g/mol. The molecule has 0 heterocycles. The predicted molar refractivity (Wildman–Crippen MR) is 81.8 cm³/mol. The van der Waals surface area contributed by atoms with Crippen molar-refractivity contribution >= 4 is 17.5 Å². The van der Waals surface area contributed by atoms with Crippen LogP contribution in [0.25, 0.3) is 0 Å². The number of anilines is 2. The first kappa shape index (κ1) is 14.7. The van der Waals surface area contributed by atoms with E-state index in [-0.39, 0.29) is 12.1 Å². The summed E-state index contributed by atoms with van der Waals surface area (Å²) in [6, 6.07) is 7.65. The van der Waals surface area contributed by atoms with Crippen LogP contribution < -0.4 is 10.6 Å². The number of benzene rings is 1. The number of rotatable bonds is 2. The van der Waals surface area contributed by atoms with Crippen LogP contribution >= 0.6 is 0 Å². The quantitative estimate of drug-likeness (QED) is 0.832. The van der Waals surface area contributed by atoms with E-state index in [1.807, 2.05) is 45.0 Å². The monoisotopic (exact) mass is 276 g/mol. The van der Waals surface area contributed by atoms with Crippen molar-refractivity contribution < 1.29 is 9.53 Å². The first-order chi connectivity index (χ1) is 9.37. The van der Waals surface area contributed by atoms with Crippen molar-refractivity contribution in [2.75, 3.05) is 10.6 Å². The van der Waals surface area contributed by atoms with Crippen LogP contribution in [-0.2, 0) is 4.74 Å². The summed E-state index contributed by atoms with van der Waals surface area (Å²) in [4.78, 5) is 14.3. The number of amides is 1. The van der Waals surface area contributed by atoms with Crippen LogP contribution in [0.15, 0.2) is 24.3 Å². The van der Waals surface area contributed by atoms with Crippen molar-refractivity contribution in [3.8, 4) is 0 Å². The van der Waals surface area contributed by atoms with Crippen molar-refractivity contribution in [1.29, 1.82) is 0 Å². The molecule has 20 heavy (non-hydrogen) atoms. The Hall–Kier alpha value is -1.71. The molecule has 1 aromatic carbocycles. The van der Waals surface area contributed by atoms with E-state index in [4.69, 9.17) is 10.5 Å². The molecule has 2 N–H and O–H groups in total. The molecule has 0 radical (unpaired) electrons. The number of ether oxygens (including phenoxy) is 1. The minimum absolute atomic E-state index is 0.230. The highest BCUT2D eigenvalue weighted by Gasteiger charge is 2.31. The Kier molecular flexibility index (Phi) is 4.21. The maximum absolute atomic E-state index is 12.5. The Morgan fingerprint density at radius 3 is 2.25 bits per heavy atom. The molecule has 1 aliphatic carbocycles. The molecule has 4 heteroatoms. The fourth-order valence-electron chi connectivity index (χ4n) is 2.57. The fraction of sp³-hybridized carbons (Fsp3) is 0.562. The molecule has 1 aromatic rings. The van der Waals surface area contributed by atoms with Gasteiger partial charge >= 0.3 is 6.09 Å². The zero-order chi connectivity index (χ0) is 14.8. The molecule has 0 aromatic heterocycles. The van der Waals surface area contributed by atoms with Crippen LogP contribution in [0.4, 0.5) is 16.2 Å². The van der Waals surface area contributed by atoms with Crippen molar-refractivity contribution in [1.82, 2.24) is 0 Å². The molecule has 0 saturated heterocycles. The molecule has 2 rings (SSSR count). The van der Waals surface area contributed by atoms with E-state index in [9.17, 15) is 4.79 Å². The standard InChI is InChI=1S/C16H24N2O2/c1-16(2,3)20-15(19)18(13-6-4-5-7-13)14-10-8-12(17)9-11-14/h8-11,13H,4-7,17H2,1-3H3. The second-order valence-electron chi connectivity index (χ2n) is 6.38. The second-order valence-corrected chi connectivity index (χ2v) is 6.38. The molecule has 1 fully saturated rings. The Balaban J connectivity index is 2.24. The van der Waals surface area contributed by atoms with E-state index in [2.05, 4.69) is 0 Å². The van der Waals surface area contributed by atoms with Gasteiger partial charge in [-0.2, -0.15) is 0 Å².